The number of carbonyl (C=O) groups is 4. The van der Waals surface area contributed by atoms with Crippen molar-refractivity contribution in [2.75, 3.05) is 5.32 Å². The lowest BCUT2D eigenvalue weighted by atomic mass is 9.76. The number of likely N-dealkylation sites (tertiary alicyclic amines) is 1. The van der Waals surface area contributed by atoms with E-state index >= 15 is 0 Å². The fourth-order valence-electron chi connectivity index (χ4n) is 4.83. The van der Waals surface area contributed by atoms with Crippen molar-refractivity contribution in [1.29, 1.82) is 0 Å². The lowest BCUT2D eigenvalue weighted by Crippen LogP contribution is -2.56. The van der Waals surface area contributed by atoms with Gasteiger partial charge >= 0.3 is 0 Å². The van der Waals surface area contributed by atoms with Crippen LogP contribution in [0, 0.1) is 11.8 Å². The van der Waals surface area contributed by atoms with Gasteiger partial charge in [0.1, 0.15) is 5.54 Å². The topological polar surface area (TPSA) is 122 Å². The smallest absolute Gasteiger partial charge is 0.250 e. The van der Waals surface area contributed by atoms with Crippen LogP contribution in [-0.2, 0) is 24.7 Å². The van der Waals surface area contributed by atoms with E-state index in [9.17, 15) is 19.2 Å². The molecule has 28 heavy (non-hydrogen) atoms. The lowest BCUT2D eigenvalue weighted by molar-refractivity contribution is -0.147. The quantitative estimate of drug-likeness (QED) is 0.578. The first-order chi connectivity index (χ1) is 13.0. The summed E-state index contributed by atoms with van der Waals surface area (Å²) in [6, 6.07) is 4.59. The Morgan fingerprint density at radius 2 is 1.93 bits per heavy atom. The Balaban J connectivity index is 1.92. The van der Waals surface area contributed by atoms with Crippen LogP contribution in [0.4, 0.5) is 5.69 Å². The molecule has 1 spiro atoms. The average molecular weight is 449 g/mol. The average Bonchev–Trinajstić information content (AvgIpc) is 3.12. The maximum Gasteiger partial charge on any atom is 0.250 e. The van der Waals surface area contributed by atoms with Crippen molar-refractivity contribution in [2.24, 2.45) is 17.6 Å². The second kappa shape index (κ2) is 5.87. The molecule has 4 N–H and O–H groups in total. The monoisotopic (exact) mass is 448 g/mol. The molecule has 1 aromatic carbocycles. The first kappa shape index (κ1) is 19.1. The fourth-order valence-corrected chi connectivity index (χ4v) is 5.19. The molecule has 3 aliphatic rings. The largest absolute Gasteiger partial charge is 0.370 e. The van der Waals surface area contributed by atoms with Gasteiger partial charge in [-0.15, -0.1) is 0 Å². The standard InChI is InChI=1S/C19H21BrN4O4/c1-18(2,3)24-15(26)13-11(7-12(21)25)23-19(14(13)16(24)27)9-6-8(20)4-5-10(9)22-17(19)28/h4-6,11,13-14,23H,7H2,1-3H3,(H2,21,25)(H,22,28)/t11?,13-,14+,19?/m1/s1. The fraction of sp³-hybridized carbons (Fsp3) is 0.474. The van der Waals surface area contributed by atoms with E-state index < -0.39 is 46.7 Å². The summed E-state index contributed by atoms with van der Waals surface area (Å²) in [6.45, 7) is 5.31. The molecule has 4 atom stereocenters. The number of rotatable bonds is 2. The molecule has 0 aromatic heterocycles. The van der Waals surface area contributed by atoms with Crippen LogP contribution in [-0.4, -0.2) is 40.1 Å². The molecular weight excluding hydrogens is 428 g/mol. The molecule has 9 heteroatoms. The highest BCUT2D eigenvalue weighted by Crippen LogP contribution is 2.54. The van der Waals surface area contributed by atoms with Crippen LogP contribution in [0.3, 0.4) is 0 Å². The van der Waals surface area contributed by atoms with Crippen LogP contribution in [0.2, 0.25) is 0 Å². The molecule has 2 saturated heterocycles. The Bertz CT molecular complexity index is 940. The Labute approximate surface area is 170 Å². The SMILES string of the molecule is CC(C)(C)N1C(=O)[C@@H]2C(CC(N)=O)NC3(C(=O)Nc4ccc(Br)cc43)[C@@H]2C1=O. The third-order valence-corrected chi connectivity index (χ3v) is 6.26. The van der Waals surface area contributed by atoms with Crippen molar-refractivity contribution in [3.05, 3.63) is 28.2 Å². The Morgan fingerprint density at radius 3 is 2.54 bits per heavy atom. The minimum absolute atomic E-state index is 0.142. The van der Waals surface area contributed by atoms with Gasteiger partial charge < -0.3 is 11.1 Å². The van der Waals surface area contributed by atoms with Crippen molar-refractivity contribution in [1.82, 2.24) is 10.2 Å². The van der Waals surface area contributed by atoms with Gasteiger partial charge in [0.2, 0.25) is 23.6 Å². The first-order valence-electron chi connectivity index (χ1n) is 9.04. The zero-order valence-corrected chi connectivity index (χ0v) is 17.3. The van der Waals surface area contributed by atoms with E-state index in [4.69, 9.17) is 5.73 Å². The number of amides is 4. The number of halogens is 1. The molecule has 148 valence electrons. The highest BCUT2D eigenvalue weighted by Gasteiger charge is 2.71. The minimum Gasteiger partial charge on any atom is -0.370 e. The van der Waals surface area contributed by atoms with Crippen molar-refractivity contribution in [3.8, 4) is 0 Å². The van der Waals surface area contributed by atoms with Gasteiger partial charge in [0.15, 0.2) is 0 Å². The van der Waals surface area contributed by atoms with Crippen LogP contribution in [0.15, 0.2) is 22.7 Å². The normalized spacial score (nSPS) is 31.4. The molecule has 1 aromatic rings. The predicted molar refractivity (Wildman–Crippen MR) is 104 cm³/mol. The summed E-state index contributed by atoms with van der Waals surface area (Å²) in [6.07, 6.45) is -0.142. The molecule has 4 rings (SSSR count). The number of primary amides is 1. The first-order valence-corrected chi connectivity index (χ1v) is 9.83. The van der Waals surface area contributed by atoms with Gasteiger partial charge in [-0.3, -0.25) is 29.4 Å². The lowest BCUT2D eigenvalue weighted by Gasteiger charge is -2.34. The predicted octanol–water partition coefficient (Wildman–Crippen LogP) is 0.843. The molecule has 0 aliphatic carbocycles. The van der Waals surface area contributed by atoms with E-state index in [1.165, 1.54) is 4.90 Å². The van der Waals surface area contributed by atoms with Crippen LogP contribution < -0.4 is 16.4 Å². The van der Waals surface area contributed by atoms with Gasteiger partial charge in [-0.25, -0.2) is 0 Å². The van der Waals surface area contributed by atoms with Gasteiger partial charge in [0.25, 0.3) is 0 Å². The van der Waals surface area contributed by atoms with E-state index in [2.05, 4.69) is 26.6 Å². The van der Waals surface area contributed by atoms with Gasteiger partial charge in [0, 0.05) is 33.7 Å². The highest BCUT2D eigenvalue weighted by atomic mass is 79.9. The van der Waals surface area contributed by atoms with Crippen LogP contribution in [0.5, 0.6) is 0 Å². The van der Waals surface area contributed by atoms with E-state index in [1.54, 1.807) is 39.0 Å². The molecular formula is C19H21BrN4O4. The van der Waals surface area contributed by atoms with Gasteiger partial charge in [-0.05, 0) is 39.0 Å². The molecule has 2 fully saturated rings. The summed E-state index contributed by atoms with van der Waals surface area (Å²) in [7, 11) is 0. The van der Waals surface area contributed by atoms with Crippen LogP contribution >= 0.6 is 15.9 Å². The number of imide groups is 1. The number of nitrogens with zero attached hydrogens (tertiary/aromatic N) is 1. The molecule has 3 heterocycles. The number of benzene rings is 1. The zero-order chi connectivity index (χ0) is 20.6. The Hall–Kier alpha value is -2.26. The van der Waals surface area contributed by atoms with Crippen molar-refractivity contribution >= 4 is 45.2 Å². The van der Waals surface area contributed by atoms with Crippen LogP contribution in [0.1, 0.15) is 32.8 Å². The number of carbonyl (C=O) groups excluding carboxylic acids is 4. The van der Waals surface area contributed by atoms with Crippen molar-refractivity contribution in [3.63, 3.8) is 0 Å². The highest BCUT2D eigenvalue weighted by molar-refractivity contribution is 9.10. The molecule has 8 nitrogen and oxygen atoms in total. The molecule has 4 amide bonds. The van der Waals surface area contributed by atoms with E-state index in [0.717, 1.165) is 4.47 Å². The number of anilines is 1. The number of fused-ring (bicyclic) bond motifs is 4. The third kappa shape index (κ3) is 2.39. The van der Waals surface area contributed by atoms with E-state index in [0.29, 0.717) is 11.3 Å². The maximum absolute atomic E-state index is 13.4. The summed E-state index contributed by atoms with van der Waals surface area (Å²) in [4.78, 5) is 52.7. The van der Waals surface area contributed by atoms with Gasteiger partial charge in [-0.2, -0.15) is 0 Å². The molecule has 0 saturated carbocycles. The number of hydrogen-bond donors (Lipinski definition) is 3. The summed E-state index contributed by atoms with van der Waals surface area (Å²) in [5, 5.41) is 5.98. The van der Waals surface area contributed by atoms with Gasteiger partial charge in [-0.1, -0.05) is 15.9 Å². The molecule has 0 bridgehead atoms. The van der Waals surface area contributed by atoms with E-state index in [1.807, 2.05) is 0 Å². The Kier molecular flexibility index (Phi) is 4.00. The van der Waals surface area contributed by atoms with E-state index in [-0.39, 0.29) is 12.3 Å². The summed E-state index contributed by atoms with van der Waals surface area (Å²) in [5.74, 6) is -3.58. The van der Waals surface area contributed by atoms with Crippen LogP contribution in [0.25, 0.3) is 0 Å². The molecule has 3 aliphatic heterocycles. The second-order valence-electron chi connectivity index (χ2n) is 8.56. The minimum atomic E-state index is -1.42. The summed E-state index contributed by atoms with van der Waals surface area (Å²) < 4.78 is 0.739. The number of hydrogen-bond acceptors (Lipinski definition) is 5. The second-order valence-corrected chi connectivity index (χ2v) is 9.48. The molecule has 0 radical (unpaired) electrons. The molecule has 2 unspecified atom stereocenters. The number of nitrogens with one attached hydrogen (secondary N) is 2. The van der Waals surface area contributed by atoms with Crippen molar-refractivity contribution in [2.45, 2.75) is 44.3 Å². The van der Waals surface area contributed by atoms with Gasteiger partial charge in [0.05, 0.1) is 11.8 Å². The maximum atomic E-state index is 13.4. The number of nitrogens with two attached hydrogens (primary N) is 1. The Morgan fingerprint density at radius 1 is 1.25 bits per heavy atom. The summed E-state index contributed by atoms with van der Waals surface area (Å²) >= 11 is 3.41. The zero-order valence-electron chi connectivity index (χ0n) is 15.7. The third-order valence-electron chi connectivity index (χ3n) is 5.77. The van der Waals surface area contributed by atoms with Crippen molar-refractivity contribution < 1.29 is 19.2 Å². The summed E-state index contributed by atoms with van der Waals surface area (Å²) in [5.41, 5.74) is 4.40.